The van der Waals surface area contributed by atoms with Crippen molar-refractivity contribution in [1.82, 2.24) is 0 Å². The van der Waals surface area contributed by atoms with Crippen molar-refractivity contribution in [1.29, 1.82) is 0 Å². The Labute approximate surface area is 135 Å². The van der Waals surface area contributed by atoms with Gasteiger partial charge in [0, 0.05) is 23.5 Å². The molecule has 0 bridgehead atoms. The van der Waals surface area contributed by atoms with Crippen LogP contribution in [-0.4, -0.2) is 12.5 Å². The van der Waals surface area contributed by atoms with E-state index in [4.69, 9.17) is 11.6 Å². The summed E-state index contributed by atoms with van der Waals surface area (Å²) in [5, 5.41) is 0. The van der Waals surface area contributed by atoms with E-state index < -0.39 is 0 Å². The SMILES string of the molecule is CCN(C(=O)CCc1ccc(Cl)s1)c1ccc(C)cc1C. The van der Waals surface area contributed by atoms with Crippen LogP contribution in [0.5, 0.6) is 0 Å². The van der Waals surface area contributed by atoms with Crippen LogP contribution in [-0.2, 0) is 11.2 Å². The molecule has 1 amide bonds. The number of hydrogen-bond donors (Lipinski definition) is 0. The summed E-state index contributed by atoms with van der Waals surface area (Å²) in [5.74, 6) is 0.161. The van der Waals surface area contributed by atoms with Crippen molar-refractivity contribution in [2.45, 2.75) is 33.6 Å². The molecule has 0 aliphatic heterocycles. The topological polar surface area (TPSA) is 20.3 Å². The van der Waals surface area contributed by atoms with Gasteiger partial charge in [-0.15, -0.1) is 11.3 Å². The van der Waals surface area contributed by atoms with E-state index in [0.717, 1.165) is 26.9 Å². The standard InChI is InChI=1S/C17H20ClNOS/c1-4-19(15-8-5-12(2)11-13(15)3)17(20)10-7-14-6-9-16(18)21-14/h5-6,8-9,11H,4,7,10H2,1-3H3. The second kappa shape index (κ2) is 7.10. The highest BCUT2D eigenvalue weighted by Gasteiger charge is 2.16. The number of amides is 1. The molecule has 0 saturated heterocycles. The highest BCUT2D eigenvalue weighted by molar-refractivity contribution is 7.16. The van der Waals surface area contributed by atoms with E-state index in [-0.39, 0.29) is 5.91 Å². The predicted octanol–water partition coefficient (Wildman–Crippen LogP) is 5.00. The third-order valence-electron chi connectivity index (χ3n) is 3.47. The molecule has 0 spiro atoms. The van der Waals surface area contributed by atoms with Gasteiger partial charge in [-0.1, -0.05) is 29.3 Å². The van der Waals surface area contributed by atoms with Gasteiger partial charge >= 0.3 is 0 Å². The Kier molecular flexibility index (Phi) is 5.43. The highest BCUT2D eigenvalue weighted by atomic mass is 35.5. The zero-order valence-electron chi connectivity index (χ0n) is 12.6. The monoisotopic (exact) mass is 321 g/mol. The van der Waals surface area contributed by atoms with Crippen molar-refractivity contribution in [3.63, 3.8) is 0 Å². The number of halogens is 1. The van der Waals surface area contributed by atoms with Crippen molar-refractivity contribution in [2.24, 2.45) is 0 Å². The minimum Gasteiger partial charge on any atom is -0.312 e. The number of benzene rings is 1. The van der Waals surface area contributed by atoms with E-state index in [1.807, 2.05) is 30.0 Å². The molecule has 2 rings (SSSR count). The number of anilines is 1. The molecule has 0 radical (unpaired) electrons. The Hall–Kier alpha value is -1.32. The number of rotatable bonds is 5. The second-order valence-corrected chi connectivity index (χ2v) is 6.93. The van der Waals surface area contributed by atoms with Gasteiger partial charge in [0.1, 0.15) is 0 Å². The number of hydrogen-bond acceptors (Lipinski definition) is 2. The van der Waals surface area contributed by atoms with Gasteiger partial charge < -0.3 is 4.90 Å². The first-order valence-corrected chi connectivity index (χ1v) is 8.32. The molecule has 1 aromatic carbocycles. The molecule has 21 heavy (non-hydrogen) atoms. The third kappa shape index (κ3) is 4.08. The lowest BCUT2D eigenvalue weighted by molar-refractivity contribution is -0.118. The Balaban J connectivity index is 2.07. The van der Waals surface area contributed by atoms with Gasteiger partial charge in [-0.25, -0.2) is 0 Å². The zero-order chi connectivity index (χ0) is 15.4. The molecule has 0 fully saturated rings. The molecule has 1 heterocycles. The molecule has 0 aliphatic carbocycles. The van der Waals surface area contributed by atoms with Crippen LogP contribution in [0.15, 0.2) is 30.3 Å². The second-order valence-electron chi connectivity index (χ2n) is 5.13. The maximum absolute atomic E-state index is 12.5. The van der Waals surface area contributed by atoms with E-state index in [2.05, 4.69) is 26.0 Å². The van der Waals surface area contributed by atoms with Gasteiger partial charge in [0.25, 0.3) is 0 Å². The third-order valence-corrected chi connectivity index (χ3v) is 4.77. The number of aryl methyl sites for hydroxylation is 3. The normalized spacial score (nSPS) is 10.7. The van der Waals surface area contributed by atoms with Gasteiger partial charge in [-0.3, -0.25) is 4.79 Å². The van der Waals surface area contributed by atoms with E-state index in [1.165, 1.54) is 5.56 Å². The Morgan fingerprint density at radius 2 is 2.00 bits per heavy atom. The first-order chi connectivity index (χ1) is 10.0. The quantitative estimate of drug-likeness (QED) is 0.758. The predicted molar refractivity (Wildman–Crippen MR) is 91.6 cm³/mol. The highest BCUT2D eigenvalue weighted by Crippen LogP contribution is 2.25. The summed E-state index contributed by atoms with van der Waals surface area (Å²) in [4.78, 5) is 15.5. The average Bonchev–Trinajstić information content (AvgIpc) is 2.85. The van der Waals surface area contributed by atoms with Gasteiger partial charge in [-0.2, -0.15) is 0 Å². The van der Waals surface area contributed by atoms with Crippen molar-refractivity contribution < 1.29 is 4.79 Å². The minimum atomic E-state index is 0.161. The van der Waals surface area contributed by atoms with Crippen molar-refractivity contribution in [3.05, 3.63) is 50.7 Å². The first kappa shape index (κ1) is 16.1. The smallest absolute Gasteiger partial charge is 0.227 e. The molecule has 0 saturated carbocycles. The van der Waals surface area contributed by atoms with Crippen LogP contribution in [0.4, 0.5) is 5.69 Å². The minimum absolute atomic E-state index is 0.161. The van der Waals surface area contributed by atoms with Crippen LogP contribution < -0.4 is 4.90 Å². The molecular weight excluding hydrogens is 302 g/mol. The lowest BCUT2D eigenvalue weighted by atomic mass is 10.1. The number of nitrogens with zero attached hydrogens (tertiary/aromatic N) is 1. The molecule has 2 aromatic rings. The summed E-state index contributed by atoms with van der Waals surface area (Å²) >= 11 is 7.46. The van der Waals surface area contributed by atoms with Crippen LogP contribution in [0.2, 0.25) is 4.34 Å². The van der Waals surface area contributed by atoms with E-state index >= 15 is 0 Å². The molecule has 2 nitrogen and oxygen atoms in total. The number of carbonyl (C=O) groups is 1. The molecule has 112 valence electrons. The van der Waals surface area contributed by atoms with Crippen molar-refractivity contribution in [3.8, 4) is 0 Å². The summed E-state index contributed by atoms with van der Waals surface area (Å²) in [6.45, 7) is 6.82. The van der Waals surface area contributed by atoms with Crippen molar-refractivity contribution >= 4 is 34.5 Å². The Bertz CT molecular complexity index is 635. The fourth-order valence-corrected chi connectivity index (χ4v) is 3.53. The van der Waals surface area contributed by atoms with E-state index in [9.17, 15) is 4.79 Å². The summed E-state index contributed by atoms with van der Waals surface area (Å²) in [6.07, 6.45) is 1.26. The number of thiophene rings is 1. The van der Waals surface area contributed by atoms with Crippen LogP contribution >= 0.6 is 22.9 Å². The lowest BCUT2D eigenvalue weighted by Crippen LogP contribution is -2.31. The fourth-order valence-electron chi connectivity index (χ4n) is 2.44. The molecule has 0 N–H and O–H groups in total. The molecule has 0 unspecified atom stereocenters. The largest absolute Gasteiger partial charge is 0.312 e. The molecule has 0 atom stereocenters. The number of carbonyl (C=O) groups excluding carboxylic acids is 1. The molecular formula is C17H20ClNOS. The summed E-state index contributed by atoms with van der Waals surface area (Å²) in [6, 6.07) is 10.1. The maximum atomic E-state index is 12.5. The van der Waals surface area contributed by atoms with Crippen LogP contribution in [0.1, 0.15) is 29.3 Å². The molecule has 1 aromatic heterocycles. The Morgan fingerprint density at radius 1 is 1.24 bits per heavy atom. The summed E-state index contributed by atoms with van der Waals surface area (Å²) in [5.41, 5.74) is 3.37. The van der Waals surface area contributed by atoms with Gasteiger partial charge in [0.2, 0.25) is 5.91 Å². The zero-order valence-corrected chi connectivity index (χ0v) is 14.2. The van der Waals surface area contributed by atoms with Crippen molar-refractivity contribution in [2.75, 3.05) is 11.4 Å². The van der Waals surface area contributed by atoms with Crippen LogP contribution in [0, 0.1) is 13.8 Å². The average molecular weight is 322 g/mol. The fraction of sp³-hybridized carbons (Fsp3) is 0.353. The van der Waals surface area contributed by atoms with Crippen LogP contribution in [0.25, 0.3) is 0 Å². The maximum Gasteiger partial charge on any atom is 0.227 e. The van der Waals surface area contributed by atoms with E-state index in [0.29, 0.717) is 13.0 Å². The first-order valence-electron chi connectivity index (χ1n) is 7.13. The van der Waals surface area contributed by atoms with Crippen LogP contribution in [0.3, 0.4) is 0 Å². The Morgan fingerprint density at radius 3 is 2.57 bits per heavy atom. The van der Waals surface area contributed by atoms with Gasteiger partial charge in [0.15, 0.2) is 0 Å². The summed E-state index contributed by atoms with van der Waals surface area (Å²) in [7, 11) is 0. The van der Waals surface area contributed by atoms with E-state index in [1.54, 1.807) is 11.3 Å². The summed E-state index contributed by atoms with van der Waals surface area (Å²) < 4.78 is 0.777. The molecule has 0 aliphatic rings. The lowest BCUT2D eigenvalue weighted by Gasteiger charge is -2.23. The molecule has 4 heteroatoms. The van der Waals surface area contributed by atoms with Gasteiger partial charge in [0.05, 0.1) is 4.34 Å². The van der Waals surface area contributed by atoms with Gasteiger partial charge in [-0.05, 0) is 51.0 Å².